The topological polar surface area (TPSA) is 0 Å². The first-order valence-corrected chi connectivity index (χ1v) is 15.2. The van der Waals surface area contributed by atoms with E-state index in [2.05, 4.69) is 26.9 Å². The van der Waals surface area contributed by atoms with Crippen molar-refractivity contribution in [2.24, 2.45) is 35.5 Å². The minimum atomic E-state index is -1.15. The molecule has 0 amide bonds. The van der Waals surface area contributed by atoms with Crippen molar-refractivity contribution in [1.82, 2.24) is 0 Å². The molecule has 0 nitrogen and oxygen atoms in total. The summed E-state index contributed by atoms with van der Waals surface area (Å²) in [5, 5.41) is 0. The van der Waals surface area contributed by atoms with Crippen LogP contribution < -0.4 is 0 Å². The normalized spacial score (nSPS) is 45.8. The molecule has 0 heterocycles. The van der Waals surface area contributed by atoms with Crippen molar-refractivity contribution in [3.8, 4) is 0 Å². The summed E-state index contributed by atoms with van der Waals surface area (Å²) >= 11 is 0. The molecule has 0 aromatic rings. The average molecular weight is 361 g/mol. The van der Waals surface area contributed by atoms with Crippen molar-refractivity contribution >= 4 is 8.07 Å². The molecule has 144 valence electrons. The van der Waals surface area contributed by atoms with Crippen molar-refractivity contribution in [2.75, 3.05) is 0 Å². The fourth-order valence-corrected chi connectivity index (χ4v) is 14.0. The third-order valence-corrected chi connectivity index (χ3v) is 15.3. The smallest absolute Gasteiger partial charge is 0.0541 e. The van der Waals surface area contributed by atoms with Gasteiger partial charge in [-0.25, -0.2) is 0 Å². The van der Waals surface area contributed by atoms with Gasteiger partial charge < -0.3 is 0 Å². The molecule has 8 atom stereocenters. The third kappa shape index (κ3) is 3.19. The molecule has 0 aliphatic heterocycles. The fraction of sp³-hybridized carbons (Fsp3) is 1.00. The molecule has 8 unspecified atom stereocenters. The maximum Gasteiger partial charge on any atom is 0.0541 e. The van der Waals surface area contributed by atoms with Gasteiger partial charge in [-0.2, -0.15) is 0 Å². The van der Waals surface area contributed by atoms with Gasteiger partial charge in [0.1, 0.15) is 0 Å². The molecular formula is C24H44Si. The average Bonchev–Trinajstić information content (AvgIpc) is 3.23. The summed E-state index contributed by atoms with van der Waals surface area (Å²) in [6.07, 6.45) is 18.8. The predicted molar refractivity (Wildman–Crippen MR) is 113 cm³/mol. The highest BCUT2D eigenvalue weighted by Crippen LogP contribution is 2.63. The molecule has 4 rings (SSSR count). The molecule has 0 radical (unpaired) electrons. The minimum Gasteiger partial charge on any atom is -0.0689 e. The Labute approximate surface area is 158 Å². The standard InChI is InChI=1S/C24H44Si/c1-5-17(2)22-16-24(21-13-9-8-12-20(21)22)25(3,4)23-15-14-18-10-6-7-11-19(18)23/h17-24H,5-16H2,1-4H3. The molecule has 4 saturated carbocycles. The van der Waals surface area contributed by atoms with E-state index in [9.17, 15) is 0 Å². The zero-order valence-corrected chi connectivity index (χ0v) is 18.6. The van der Waals surface area contributed by atoms with Crippen LogP contribution in [0.2, 0.25) is 24.2 Å². The summed E-state index contributed by atoms with van der Waals surface area (Å²) in [5.74, 6) is 6.60. The fourth-order valence-electron chi connectivity index (χ4n) is 8.61. The van der Waals surface area contributed by atoms with Crippen LogP contribution >= 0.6 is 0 Å². The summed E-state index contributed by atoms with van der Waals surface area (Å²) < 4.78 is 0. The minimum absolute atomic E-state index is 0.978. The predicted octanol–water partition coefficient (Wildman–Crippen LogP) is 7.91. The molecule has 0 saturated heterocycles. The lowest BCUT2D eigenvalue weighted by atomic mass is 9.74. The van der Waals surface area contributed by atoms with Crippen LogP contribution in [0.1, 0.15) is 90.9 Å². The van der Waals surface area contributed by atoms with Gasteiger partial charge in [0.05, 0.1) is 8.07 Å². The molecule has 1 heteroatoms. The molecule has 4 aliphatic rings. The van der Waals surface area contributed by atoms with E-state index in [1.807, 2.05) is 0 Å². The van der Waals surface area contributed by atoms with E-state index in [1.54, 1.807) is 64.2 Å². The highest BCUT2D eigenvalue weighted by Gasteiger charge is 2.56. The summed E-state index contributed by atoms with van der Waals surface area (Å²) in [6, 6.07) is 0. The first-order valence-electron chi connectivity index (χ1n) is 12.0. The lowest BCUT2D eigenvalue weighted by Crippen LogP contribution is -2.43. The van der Waals surface area contributed by atoms with E-state index >= 15 is 0 Å². The zero-order chi connectivity index (χ0) is 17.6. The Kier molecular flexibility index (Phi) is 5.44. The molecule has 4 aliphatic carbocycles. The van der Waals surface area contributed by atoms with E-state index < -0.39 is 8.07 Å². The maximum absolute atomic E-state index is 2.87. The number of hydrogen-bond donors (Lipinski definition) is 0. The Hall–Kier alpha value is 0.217. The van der Waals surface area contributed by atoms with Gasteiger partial charge in [0.15, 0.2) is 0 Å². The van der Waals surface area contributed by atoms with Crippen LogP contribution in [0.25, 0.3) is 0 Å². The SMILES string of the molecule is CCC(C)C1CC([Si](C)(C)C2CCC3CCCCC32)C2CCCCC12. The molecule has 0 aromatic heterocycles. The van der Waals surface area contributed by atoms with Gasteiger partial charge in [-0.05, 0) is 59.4 Å². The van der Waals surface area contributed by atoms with Gasteiger partial charge in [-0.3, -0.25) is 0 Å². The van der Waals surface area contributed by atoms with E-state index in [1.165, 1.54) is 23.9 Å². The summed E-state index contributed by atoms with van der Waals surface area (Å²) in [6.45, 7) is 10.8. The van der Waals surface area contributed by atoms with E-state index in [4.69, 9.17) is 0 Å². The summed E-state index contributed by atoms with van der Waals surface area (Å²) in [7, 11) is -1.15. The van der Waals surface area contributed by atoms with E-state index in [-0.39, 0.29) is 0 Å². The van der Waals surface area contributed by atoms with Crippen molar-refractivity contribution in [3.05, 3.63) is 0 Å². The van der Waals surface area contributed by atoms with Gasteiger partial charge in [0, 0.05) is 0 Å². The molecular weight excluding hydrogens is 316 g/mol. The van der Waals surface area contributed by atoms with Gasteiger partial charge in [0.25, 0.3) is 0 Å². The van der Waals surface area contributed by atoms with Gasteiger partial charge in [-0.15, -0.1) is 0 Å². The van der Waals surface area contributed by atoms with Crippen molar-refractivity contribution in [1.29, 1.82) is 0 Å². The van der Waals surface area contributed by atoms with Crippen LogP contribution in [0, 0.1) is 35.5 Å². The summed E-state index contributed by atoms with van der Waals surface area (Å²) in [5.41, 5.74) is 2.35. The Morgan fingerprint density at radius 1 is 0.760 bits per heavy atom. The van der Waals surface area contributed by atoms with Crippen LogP contribution in [0.4, 0.5) is 0 Å². The molecule has 0 spiro atoms. The lowest BCUT2D eigenvalue weighted by Gasteiger charge is -2.45. The number of fused-ring (bicyclic) bond motifs is 2. The third-order valence-electron chi connectivity index (χ3n) is 10.1. The molecule has 4 fully saturated rings. The van der Waals surface area contributed by atoms with Crippen LogP contribution in [0.3, 0.4) is 0 Å². The van der Waals surface area contributed by atoms with E-state index in [0.717, 1.165) is 35.5 Å². The summed E-state index contributed by atoms with van der Waals surface area (Å²) in [4.78, 5) is 0. The number of hydrogen-bond acceptors (Lipinski definition) is 0. The van der Waals surface area contributed by atoms with Crippen molar-refractivity contribution in [3.63, 3.8) is 0 Å². The van der Waals surface area contributed by atoms with Crippen LogP contribution in [0.5, 0.6) is 0 Å². The Morgan fingerprint density at radius 2 is 1.40 bits per heavy atom. The monoisotopic (exact) mass is 360 g/mol. The van der Waals surface area contributed by atoms with Gasteiger partial charge in [0.2, 0.25) is 0 Å². The molecule has 0 N–H and O–H groups in total. The van der Waals surface area contributed by atoms with Crippen molar-refractivity contribution < 1.29 is 0 Å². The quantitative estimate of drug-likeness (QED) is 0.447. The second kappa shape index (κ2) is 7.32. The largest absolute Gasteiger partial charge is 0.0689 e. The molecule has 0 aromatic carbocycles. The van der Waals surface area contributed by atoms with Gasteiger partial charge >= 0.3 is 0 Å². The maximum atomic E-state index is 2.87. The Balaban J connectivity index is 1.56. The lowest BCUT2D eigenvalue weighted by molar-refractivity contribution is 0.182. The Bertz CT molecular complexity index is 455. The van der Waals surface area contributed by atoms with Crippen LogP contribution in [0.15, 0.2) is 0 Å². The molecule has 0 bridgehead atoms. The first-order chi connectivity index (χ1) is 12.0. The highest BCUT2D eigenvalue weighted by atomic mass is 28.3. The number of rotatable bonds is 4. The van der Waals surface area contributed by atoms with Crippen molar-refractivity contribution in [2.45, 2.75) is 115 Å². The van der Waals surface area contributed by atoms with Crippen LogP contribution in [-0.4, -0.2) is 8.07 Å². The second-order valence-electron chi connectivity index (χ2n) is 11.2. The van der Waals surface area contributed by atoms with Gasteiger partial charge in [-0.1, -0.05) is 91.1 Å². The van der Waals surface area contributed by atoms with Crippen LogP contribution in [-0.2, 0) is 0 Å². The zero-order valence-electron chi connectivity index (χ0n) is 17.6. The van der Waals surface area contributed by atoms with E-state index in [0.29, 0.717) is 0 Å². The first kappa shape index (κ1) is 18.6. The highest BCUT2D eigenvalue weighted by molar-refractivity contribution is 6.80. The Morgan fingerprint density at radius 3 is 2.12 bits per heavy atom. The second-order valence-corrected chi connectivity index (χ2v) is 16.3. The molecule has 25 heavy (non-hydrogen) atoms.